The molecule has 1 aromatic rings. The van der Waals surface area contributed by atoms with Gasteiger partial charge in [-0.1, -0.05) is 18.2 Å². The monoisotopic (exact) mass is 324 g/mol. The van der Waals surface area contributed by atoms with E-state index >= 15 is 0 Å². The van der Waals surface area contributed by atoms with Crippen LogP contribution in [0.4, 0.5) is 0 Å². The lowest BCUT2D eigenvalue weighted by Crippen LogP contribution is -2.40. The molecule has 0 aliphatic heterocycles. The number of nitrogens with one attached hydrogen (secondary N) is 2. The van der Waals surface area contributed by atoms with Gasteiger partial charge in [0.05, 0.1) is 10.8 Å². The number of carbonyl (C=O) groups is 1. The van der Waals surface area contributed by atoms with Crippen LogP contribution in [-0.4, -0.2) is 60.5 Å². The van der Waals surface area contributed by atoms with Crippen LogP contribution in [0.15, 0.2) is 40.2 Å². The fourth-order valence-electron chi connectivity index (χ4n) is 1.58. The number of likely N-dealkylation sites (N-methyl/N-ethyl adjacent to an activating group) is 1. The summed E-state index contributed by atoms with van der Waals surface area (Å²) in [7, 11) is 2.35. The van der Waals surface area contributed by atoms with Crippen LogP contribution in [0, 0.1) is 0 Å². The average Bonchev–Trinajstić information content (AvgIpc) is 2.52. The molecule has 1 atom stereocenters. The second-order valence-corrected chi connectivity index (χ2v) is 6.34. The highest BCUT2D eigenvalue weighted by molar-refractivity contribution is 7.85. The maximum Gasteiger partial charge on any atom is 0.243 e. The third kappa shape index (κ3) is 6.71. The van der Waals surface area contributed by atoms with Gasteiger partial charge in [0.25, 0.3) is 0 Å². The highest BCUT2D eigenvalue weighted by atomic mass is 32.2. The Kier molecular flexibility index (Phi) is 8.21. The summed E-state index contributed by atoms with van der Waals surface area (Å²) in [5.41, 5.74) is 0. The first-order valence-electron chi connectivity index (χ1n) is 7.20. The first-order chi connectivity index (χ1) is 10.5. The van der Waals surface area contributed by atoms with Crippen LogP contribution >= 0.6 is 0 Å². The zero-order valence-electron chi connectivity index (χ0n) is 13.3. The minimum atomic E-state index is -1.04. The van der Waals surface area contributed by atoms with Gasteiger partial charge < -0.3 is 15.5 Å². The van der Waals surface area contributed by atoms with E-state index in [2.05, 4.69) is 15.6 Å². The van der Waals surface area contributed by atoms with Gasteiger partial charge >= 0.3 is 0 Å². The molecule has 0 bridgehead atoms. The molecule has 22 heavy (non-hydrogen) atoms. The number of benzene rings is 1. The Bertz CT molecular complexity index is 518. The van der Waals surface area contributed by atoms with Crippen molar-refractivity contribution in [1.82, 2.24) is 15.5 Å². The van der Waals surface area contributed by atoms with Gasteiger partial charge in [-0.05, 0) is 19.1 Å². The van der Waals surface area contributed by atoms with Crippen molar-refractivity contribution in [2.75, 3.05) is 39.5 Å². The van der Waals surface area contributed by atoms with Gasteiger partial charge in [0.1, 0.15) is 6.54 Å². The summed E-state index contributed by atoms with van der Waals surface area (Å²) in [6.45, 7) is 3.25. The number of rotatable bonds is 7. The minimum Gasteiger partial charge on any atom is -0.357 e. The van der Waals surface area contributed by atoms with E-state index in [4.69, 9.17) is 0 Å². The van der Waals surface area contributed by atoms with Crippen molar-refractivity contribution in [2.45, 2.75) is 11.8 Å². The Morgan fingerprint density at radius 2 is 1.91 bits per heavy atom. The molecule has 6 nitrogen and oxygen atoms in total. The molecule has 0 spiro atoms. The van der Waals surface area contributed by atoms with Crippen molar-refractivity contribution in [1.29, 1.82) is 0 Å². The van der Waals surface area contributed by atoms with Crippen LogP contribution in [0.5, 0.6) is 0 Å². The molecule has 122 valence electrons. The van der Waals surface area contributed by atoms with Crippen molar-refractivity contribution < 1.29 is 9.00 Å². The zero-order chi connectivity index (χ0) is 16.4. The third-order valence-corrected chi connectivity index (χ3v) is 4.17. The Hall–Kier alpha value is -1.89. The van der Waals surface area contributed by atoms with E-state index in [0.717, 1.165) is 4.90 Å². The highest BCUT2D eigenvalue weighted by Gasteiger charge is 2.05. The first kappa shape index (κ1) is 18.2. The number of guanidine groups is 1. The summed E-state index contributed by atoms with van der Waals surface area (Å²) < 4.78 is 12.1. The van der Waals surface area contributed by atoms with E-state index in [9.17, 15) is 9.00 Å². The highest BCUT2D eigenvalue weighted by Crippen LogP contribution is 2.04. The number of hydrogen-bond donors (Lipinski definition) is 2. The van der Waals surface area contributed by atoms with Gasteiger partial charge in [0.15, 0.2) is 5.96 Å². The van der Waals surface area contributed by atoms with Crippen LogP contribution in [0.1, 0.15) is 6.92 Å². The van der Waals surface area contributed by atoms with Crippen molar-refractivity contribution in [3.8, 4) is 0 Å². The predicted octanol–water partition coefficient (Wildman–Crippen LogP) is 0.438. The van der Waals surface area contributed by atoms with Crippen molar-refractivity contribution in [3.63, 3.8) is 0 Å². The van der Waals surface area contributed by atoms with Gasteiger partial charge in [0.2, 0.25) is 5.91 Å². The van der Waals surface area contributed by atoms with E-state index < -0.39 is 10.8 Å². The fraction of sp³-hybridized carbons (Fsp3) is 0.467. The largest absolute Gasteiger partial charge is 0.357 e. The Morgan fingerprint density at radius 1 is 1.23 bits per heavy atom. The number of aliphatic imine (C=N–C) groups is 1. The van der Waals surface area contributed by atoms with Gasteiger partial charge in [-0.15, -0.1) is 0 Å². The molecule has 0 saturated heterocycles. The van der Waals surface area contributed by atoms with E-state index in [1.807, 2.05) is 37.3 Å². The summed E-state index contributed by atoms with van der Waals surface area (Å²) in [6, 6.07) is 9.35. The molecule has 0 aliphatic rings. The average molecular weight is 324 g/mol. The summed E-state index contributed by atoms with van der Waals surface area (Å²) >= 11 is 0. The van der Waals surface area contributed by atoms with Gasteiger partial charge in [-0.3, -0.25) is 9.00 Å². The first-order valence-corrected chi connectivity index (χ1v) is 8.52. The van der Waals surface area contributed by atoms with Crippen molar-refractivity contribution in [3.05, 3.63) is 30.3 Å². The van der Waals surface area contributed by atoms with E-state index in [-0.39, 0.29) is 12.5 Å². The van der Waals surface area contributed by atoms with Crippen molar-refractivity contribution >= 4 is 22.7 Å². The Balaban J connectivity index is 2.46. The number of hydrogen-bond acceptors (Lipinski definition) is 3. The minimum absolute atomic E-state index is 0.0648. The summed E-state index contributed by atoms with van der Waals surface area (Å²) in [4.78, 5) is 18.1. The second-order valence-electron chi connectivity index (χ2n) is 4.77. The molecule has 0 aromatic heterocycles. The third-order valence-electron chi connectivity index (χ3n) is 2.80. The summed E-state index contributed by atoms with van der Waals surface area (Å²) in [5.74, 6) is 0.976. The molecule has 0 radical (unpaired) electrons. The topological polar surface area (TPSA) is 73.8 Å². The molecule has 0 fully saturated rings. The van der Waals surface area contributed by atoms with Crippen LogP contribution < -0.4 is 10.6 Å². The molecule has 2 N–H and O–H groups in total. The lowest BCUT2D eigenvalue weighted by molar-refractivity contribution is -0.127. The smallest absolute Gasteiger partial charge is 0.243 e. The van der Waals surface area contributed by atoms with Gasteiger partial charge in [-0.2, -0.15) is 0 Å². The standard InChI is InChI=1S/C15H24N4O2S/c1-4-16-15(18-12-14(20)19(2)3)17-10-11-22(21)13-8-6-5-7-9-13/h5-9H,4,10-12H2,1-3H3,(H2,16,17,18). The van der Waals surface area contributed by atoms with E-state index in [1.54, 1.807) is 14.1 Å². The maximum absolute atomic E-state index is 12.1. The van der Waals surface area contributed by atoms with Gasteiger partial charge in [0, 0.05) is 37.8 Å². The van der Waals surface area contributed by atoms with E-state index in [0.29, 0.717) is 24.8 Å². The molecule has 1 rings (SSSR count). The van der Waals surface area contributed by atoms with Crippen molar-refractivity contribution in [2.24, 2.45) is 4.99 Å². The molecule has 0 heterocycles. The lowest BCUT2D eigenvalue weighted by atomic mass is 10.4. The number of nitrogens with zero attached hydrogens (tertiary/aromatic N) is 2. The molecule has 1 unspecified atom stereocenters. The maximum atomic E-state index is 12.1. The summed E-state index contributed by atoms with van der Waals surface area (Å²) in [5, 5.41) is 6.15. The van der Waals surface area contributed by atoms with E-state index in [1.165, 1.54) is 4.90 Å². The van der Waals surface area contributed by atoms with Crippen LogP contribution in [-0.2, 0) is 15.6 Å². The molecule has 0 aliphatic carbocycles. The molecular weight excluding hydrogens is 300 g/mol. The Morgan fingerprint density at radius 3 is 2.50 bits per heavy atom. The van der Waals surface area contributed by atoms with Crippen LogP contribution in [0.2, 0.25) is 0 Å². The van der Waals surface area contributed by atoms with Crippen LogP contribution in [0.25, 0.3) is 0 Å². The number of carbonyl (C=O) groups excluding carboxylic acids is 1. The molecular formula is C15H24N4O2S. The predicted molar refractivity (Wildman–Crippen MR) is 90.4 cm³/mol. The number of amides is 1. The second kappa shape index (κ2) is 9.94. The zero-order valence-corrected chi connectivity index (χ0v) is 14.2. The fourth-order valence-corrected chi connectivity index (χ4v) is 2.57. The quantitative estimate of drug-likeness (QED) is 0.564. The normalized spacial score (nSPS) is 12.6. The lowest BCUT2D eigenvalue weighted by Gasteiger charge is -2.12. The molecule has 1 amide bonds. The molecule has 0 saturated carbocycles. The Labute approximate surface area is 134 Å². The molecule has 1 aromatic carbocycles. The summed E-state index contributed by atoms with van der Waals surface area (Å²) in [6.07, 6.45) is 0. The van der Waals surface area contributed by atoms with Crippen LogP contribution in [0.3, 0.4) is 0 Å². The molecule has 7 heteroatoms. The SMILES string of the molecule is CCNC(=NCC(=O)N(C)C)NCCS(=O)c1ccccc1. The van der Waals surface area contributed by atoms with Gasteiger partial charge in [-0.25, -0.2) is 4.99 Å².